The molecule has 1 aromatic carbocycles. The van der Waals surface area contributed by atoms with E-state index in [1.165, 1.54) is 0 Å². The van der Waals surface area contributed by atoms with Crippen LogP contribution < -0.4 is 14.8 Å². The van der Waals surface area contributed by atoms with Crippen LogP contribution in [0.3, 0.4) is 0 Å². The molecule has 0 saturated carbocycles. The second-order valence-corrected chi connectivity index (χ2v) is 4.43. The zero-order valence-electron chi connectivity index (χ0n) is 12.1. The Bertz CT molecular complexity index is 650. The van der Waals surface area contributed by atoms with E-state index in [0.29, 0.717) is 17.2 Å². The average Bonchev–Trinajstić information content (AvgIpc) is 2.53. The maximum atomic E-state index is 9.03. The lowest BCUT2D eigenvalue weighted by Crippen LogP contribution is -2.06. The lowest BCUT2D eigenvalue weighted by molar-refractivity contribution is 0.283. The Morgan fingerprint density at radius 2 is 2.14 bits per heavy atom. The first kappa shape index (κ1) is 14.8. The molecule has 0 atom stereocenters. The fraction of sp³-hybridized carbons (Fsp3) is 0.250. The number of nitrogens with zero attached hydrogens (tertiary/aromatic N) is 2. The second kappa shape index (κ2) is 7.27. The maximum absolute atomic E-state index is 9.03. The summed E-state index contributed by atoms with van der Waals surface area (Å²) in [6.45, 7) is 1.02. The predicted octanol–water partition coefficient (Wildman–Crippen LogP) is 2.26. The Morgan fingerprint density at radius 1 is 1.29 bits per heavy atom. The molecule has 0 unspecified atom stereocenters. The Morgan fingerprint density at radius 3 is 2.86 bits per heavy atom. The summed E-state index contributed by atoms with van der Waals surface area (Å²) in [5, 5.41) is 12.1. The molecular weight excluding hydrogens is 266 g/mol. The third kappa shape index (κ3) is 3.71. The maximum Gasteiger partial charge on any atom is 0.161 e. The number of benzene rings is 1. The molecule has 2 aromatic rings. The van der Waals surface area contributed by atoms with Crippen molar-refractivity contribution in [3.8, 4) is 17.6 Å². The largest absolute Gasteiger partial charge is 0.493 e. The van der Waals surface area contributed by atoms with Crippen molar-refractivity contribution in [3.63, 3.8) is 0 Å². The van der Waals surface area contributed by atoms with Crippen LogP contribution in [0.5, 0.6) is 11.5 Å². The third-order valence-corrected chi connectivity index (χ3v) is 2.99. The topological polar surface area (TPSA) is 67.2 Å². The van der Waals surface area contributed by atoms with Crippen molar-refractivity contribution in [3.05, 3.63) is 53.3 Å². The molecular formula is C16H17N3O2. The highest BCUT2D eigenvalue weighted by Crippen LogP contribution is 2.29. The first-order valence-electron chi connectivity index (χ1n) is 6.56. The molecule has 0 aliphatic heterocycles. The number of methoxy groups -OCH3 is 1. The number of hydrogen-bond donors (Lipinski definition) is 1. The fourth-order valence-corrected chi connectivity index (χ4v) is 1.96. The van der Waals surface area contributed by atoms with Gasteiger partial charge in [-0.1, -0.05) is 12.1 Å². The summed E-state index contributed by atoms with van der Waals surface area (Å²) in [6, 6.07) is 11.5. The van der Waals surface area contributed by atoms with Crippen molar-refractivity contribution in [2.24, 2.45) is 0 Å². The molecule has 0 bridgehead atoms. The van der Waals surface area contributed by atoms with Crippen molar-refractivity contribution in [1.29, 1.82) is 5.26 Å². The van der Waals surface area contributed by atoms with Crippen LogP contribution in [0.2, 0.25) is 0 Å². The van der Waals surface area contributed by atoms with Crippen LogP contribution in [0.4, 0.5) is 0 Å². The molecule has 1 heterocycles. The number of rotatable bonds is 6. The highest BCUT2D eigenvalue weighted by molar-refractivity contribution is 5.43. The minimum atomic E-state index is 0.274. The highest BCUT2D eigenvalue weighted by Gasteiger charge is 2.08. The van der Waals surface area contributed by atoms with E-state index in [2.05, 4.69) is 16.4 Å². The van der Waals surface area contributed by atoms with Gasteiger partial charge in [0.05, 0.1) is 7.11 Å². The van der Waals surface area contributed by atoms with E-state index in [-0.39, 0.29) is 6.61 Å². The van der Waals surface area contributed by atoms with Gasteiger partial charge in [0.25, 0.3) is 0 Å². The van der Waals surface area contributed by atoms with Crippen molar-refractivity contribution in [2.75, 3.05) is 14.2 Å². The summed E-state index contributed by atoms with van der Waals surface area (Å²) in [5.41, 5.74) is 2.23. The Kier molecular flexibility index (Phi) is 5.13. The summed E-state index contributed by atoms with van der Waals surface area (Å²) >= 11 is 0. The van der Waals surface area contributed by atoms with Gasteiger partial charge in [-0.3, -0.25) is 0 Å². The minimum absolute atomic E-state index is 0.274. The molecule has 0 aliphatic carbocycles. The van der Waals surface area contributed by atoms with Crippen LogP contribution in [0.15, 0.2) is 36.5 Å². The van der Waals surface area contributed by atoms with E-state index < -0.39 is 0 Å². The predicted molar refractivity (Wildman–Crippen MR) is 79.0 cm³/mol. The standard InChI is InChI=1S/C16H17N3O2/c1-18-10-12-5-6-15(20-2)16(8-12)21-11-13-4-3-7-19-14(13)9-17/h3-8,18H,10-11H2,1-2H3. The molecule has 108 valence electrons. The van der Waals surface area contributed by atoms with Crippen molar-refractivity contribution < 1.29 is 9.47 Å². The highest BCUT2D eigenvalue weighted by atomic mass is 16.5. The molecule has 1 aromatic heterocycles. The van der Waals surface area contributed by atoms with Gasteiger partial charge in [-0.05, 0) is 30.8 Å². The normalized spacial score (nSPS) is 9.95. The molecule has 0 aliphatic rings. The molecule has 0 fully saturated rings. The van der Waals surface area contributed by atoms with E-state index in [1.807, 2.05) is 31.3 Å². The zero-order valence-corrected chi connectivity index (χ0v) is 12.1. The van der Waals surface area contributed by atoms with Gasteiger partial charge < -0.3 is 14.8 Å². The fourth-order valence-electron chi connectivity index (χ4n) is 1.96. The van der Waals surface area contributed by atoms with Gasteiger partial charge in [-0.15, -0.1) is 0 Å². The zero-order chi connectivity index (χ0) is 15.1. The third-order valence-electron chi connectivity index (χ3n) is 2.99. The SMILES string of the molecule is CNCc1ccc(OC)c(OCc2cccnc2C#N)c1. The molecule has 0 radical (unpaired) electrons. The quantitative estimate of drug-likeness (QED) is 0.880. The summed E-state index contributed by atoms with van der Waals surface area (Å²) in [4.78, 5) is 4.02. The van der Waals surface area contributed by atoms with Crippen LogP contribution in [0.1, 0.15) is 16.8 Å². The minimum Gasteiger partial charge on any atom is -0.493 e. The van der Waals surface area contributed by atoms with E-state index in [9.17, 15) is 0 Å². The Balaban J connectivity index is 2.18. The molecule has 21 heavy (non-hydrogen) atoms. The number of nitriles is 1. The van der Waals surface area contributed by atoms with Crippen molar-refractivity contribution in [1.82, 2.24) is 10.3 Å². The van der Waals surface area contributed by atoms with Crippen LogP contribution in [-0.2, 0) is 13.2 Å². The van der Waals surface area contributed by atoms with Crippen molar-refractivity contribution >= 4 is 0 Å². The van der Waals surface area contributed by atoms with Gasteiger partial charge in [0, 0.05) is 18.3 Å². The molecule has 2 rings (SSSR count). The van der Waals surface area contributed by atoms with E-state index in [1.54, 1.807) is 19.4 Å². The number of pyridine rings is 1. The molecule has 0 saturated heterocycles. The summed E-state index contributed by atoms with van der Waals surface area (Å²) in [7, 11) is 3.49. The summed E-state index contributed by atoms with van der Waals surface area (Å²) < 4.78 is 11.1. The number of ether oxygens (including phenoxy) is 2. The van der Waals surface area contributed by atoms with Gasteiger partial charge in [0.15, 0.2) is 11.5 Å². The smallest absolute Gasteiger partial charge is 0.161 e. The first-order chi connectivity index (χ1) is 10.3. The number of aromatic nitrogens is 1. The van der Waals surface area contributed by atoms with Crippen LogP contribution in [-0.4, -0.2) is 19.1 Å². The number of hydrogen-bond acceptors (Lipinski definition) is 5. The number of nitrogens with one attached hydrogen (secondary N) is 1. The van der Waals surface area contributed by atoms with Crippen LogP contribution in [0.25, 0.3) is 0 Å². The summed E-state index contributed by atoms with van der Waals surface area (Å²) in [5.74, 6) is 1.32. The molecule has 5 heteroatoms. The first-order valence-corrected chi connectivity index (χ1v) is 6.56. The van der Waals surface area contributed by atoms with Crippen LogP contribution >= 0.6 is 0 Å². The summed E-state index contributed by atoms with van der Waals surface area (Å²) in [6.07, 6.45) is 1.59. The Labute approximate surface area is 124 Å². The van der Waals surface area contributed by atoms with Crippen molar-refractivity contribution in [2.45, 2.75) is 13.2 Å². The van der Waals surface area contributed by atoms with Gasteiger partial charge in [0.1, 0.15) is 18.4 Å². The molecule has 5 nitrogen and oxygen atoms in total. The van der Waals surface area contributed by atoms with Gasteiger partial charge in [-0.25, -0.2) is 4.98 Å². The van der Waals surface area contributed by atoms with E-state index in [0.717, 1.165) is 17.7 Å². The molecule has 0 spiro atoms. The molecule has 1 N–H and O–H groups in total. The molecule has 0 amide bonds. The lowest BCUT2D eigenvalue weighted by Gasteiger charge is -2.12. The van der Waals surface area contributed by atoms with Gasteiger partial charge >= 0.3 is 0 Å². The average molecular weight is 283 g/mol. The van der Waals surface area contributed by atoms with Crippen LogP contribution in [0, 0.1) is 11.3 Å². The van der Waals surface area contributed by atoms with Gasteiger partial charge in [-0.2, -0.15) is 5.26 Å². The van der Waals surface area contributed by atoms with E-state index in [4.69, 9.17) is 14.7 Å². The van der Waals surface area contributed by atoms with Gasteiger partial charge in [0.2, 0.25) is 0 Å². The second-order valence-electron chi connectivity index (χ2n) is 4.43. The lowest BCUT2D eigenvalue weighted by atomic mass is 10.2. The van der Waals surface area contributed by atoms with E-state index >= 15 is 0 Å². The Hall–Kier alpha value is -2.58. The monoisotopic (exact) mass is 283 g/mol.